The molecule has 0 saturated carbocycles. The van der Waals surface area contributed by atoms with E-state index in [4.69, 9.17) is 10.5 Å². The highest BCUT2D eigenvalue weighted by Crippen LogP contribution is 2.43. The number of nitrogens with zero attached hydrogens (tertiary/aromatic N) is 2. The maximum absolute atomic E-state index is 11.9. The molecule has 9 heteroatoms. The van der Waals surface area contributed by atoms with E-state index in [0.717, 1.165) is 11.1 Å². The molecule has 4 aromatic rings. The first-order chi connectivity index (χ1) is 15.3. The van der Waals surface area contributed by atoms with Gasteiger partial charge in [0.2, 0.25) is 10.0 Å². The minimum atomic E-state index is -3.94. The van der Waals surface area contributed by atoms with Crippen LogP contribution in [-0.4, -0.2) is 29.3 Å². The normalized spacial score (nSPS) is 16.8. The van der Waals surface area contributed by atoms with Crippen LogP contribution in [0.25, 0.3) is 16.6 Å². The fourth-order valence-electron chi connectivity index (χ4n) is 3.97. The summed E-state index contributed by atoms with van der Waals surface area (Å²) in [5.41, 5.74) is 2.88. The number of aliphatic hydroxyl groups excluding tert-OH is 1. The molecule has 2 heterocycles. The van der Waals surface area contributed by atoms with Crippen molar-refractivity contribution in [3.63, 3.8) is 0 Å². The second kappa shape index (κ2) is 7.33. The van der Waals surface area contributed by atoms with Crippen molar-refractivity contribution in [1.82, 2.24) is 9.97 Å². The van der Waals surface area contributed by atoms with Gasteiger partial charge in [-0.1, -0.05) is 48.5 Å². The van der Waals surface area contributed by atoms with Crippen LogP contribution in [0.4, 0.5) is 5.69 Å². The summed E-state index contributed by atoms with van der Waals surface area (Å²) in [5.74, 6) is 0.294. The lowest BCUT2D eigenvalue weighted by molar-refractivity contribution is 0.379. The van der Waals surface area contributed by atoms with Crippen LogP contribution in [-0.2, 0) is 10.0 Å². The summed E-state index contributed by atoms with van der Waals surface area (Å²) in [5, 5.41) is 25.5. The minimum absolute atomic E-state index is 0.0121. The highest BCUT2D eigenvalue weighted by molar-refractivity contribution is 7.89. The maximum Gasteiger partial charge on any atom is 0.238 e. The van der Waals surface area contributed by atoms with Crippen molar-refractivity contribution in [2.45, 2.75) is 10.9 Å². The van der Waals surface area contributed by atoms with E-state index in [1.54, 1.807) is 17.0 Å². The Labute approximate surface area is 184 Å². The lowest BCUT2D eigenvalue weighted by atomic mass is 10.0. The van der Waals surface area contributed by atoms with Gasteiger partial charge in [0.25, 0.3) is 0 Å². The van der Waals surface area contributed by atoms with E-state index < -0.39 is 16.1 Å². The van der Waals surface area contributed by atoms with Crippen LogP contribution < -0.4 is 10.0 Å². The minimum Gasteiger partial charge on any atom is -0.509 e. The number of nitrogens with two attached hydrogens (primary N) is 1. The van der Waals surface area contributed by atoms with Crippen molar-refractivity contribution < 1.29 is 13.5 Å². The molecule has 0 aliphatic carbocycles. The summed E-state index contributed by atoms with van der Waals surface area (Å²) in [7, 11) is -3.94. The zero-order valence-electron chi connectivity index (χ0n) is 16.7. The van der Waals surface area contributed by atoms with Crippen molar-refractivity contribution in [1.29, 1.82) is 5.41 Å². The van der Waals surface area contributed by atoms with Crippen LogP contribution in [0.5, 0.6) is 0 Å². The first-order valence-corrected chi connectivity index (χ1v) is 11.3. The molecule has 8 nitrogen and oxygen atoms in total. The lowest BCUT2D eigenvalue weighted by Crippen LogP contribution is -2.30. The highest BCUT2D eigenvalue weighted by Gasteiger charge is 2.41. The Morgan fingerprint density at radius 1 is 1.00 bits per heavy atom. The van der Waals surface area contributed by atoms with E-state index in [1.807, 2.05) is 54.6 Å². The van der Waals surface area contributed by atoms with Crippen LogP contribution >= 0.6 is 0 Å². The molecule has 5 N–H and O–H groups in total. The van der Waals surface area contributed by atoms with Gasteiger partial charge in [-0.05, 0) is 35.9 Å². The van der Waals surface area contributed by atoms with Crippen LogP contribution in [0.2, 0.25) is 0 Å². The summed E-state index contributed by atoms with van der Waals surface area (Å²) in [4.78, 5) is 9.21. The first-order valence-electron chi connectivity index (χ1n) is 9.79. The molecule has 0 radical (unpaired) electrons. The molecular formula is C23H19N5O3S. The second-order valence-electron chi connectivity index (χ2n) is 7.44. The average Bonchev–Trinajstić information content (AvgIpc) is 3.31. The lowest BCUT2D eigenvalue weighted by Gasteiger charge is -2.27. The third-order valence-corrected chi connectivity index (χ3v) is 6.33. The van der Waals surface area contributed by atoms with Crippen LogP contribution in [0, 0.1) is 5.41 Å². The number of sulfonamides is 1. The molecule has 0 unspecified atom stereocenters. The molecule has 3 aromatic carbocycles. The number of para-hydroxylation sites is 2. The molecule has 160 valence electrons. The number of nitrogens with one attached hydrogen (secondary N) is 2. The Kier molecular flexibility index (Phi) is 4.58. The van der Waals surface area contributed by atoms with Gasteiger partial charge in [0.05, 0.1) is 21.5 Å². The van der Waals surface area contributed by atoms with Gasteiger partial charge >= 0.3 is 0 Å². The summed E-state index contributed by atoms with van der Waals surface area (Å²) < 4.78 is 23.8. The van der Waals surface area contributed by atoms with E-state index in [2.05, 4.69) is 9.97 Å². The molecule has 0 amide bonds. The van der Waals surface area contributed by atoms with E-state index in [0.29, 0.717) is 17.0 Å². The van der Waals surface area contributed by atoms with Gasteiger partial charge in [0.15, 0.2) is 0 Å². The SMILES string of the molecule is N=C1C(c2nc3ccccc3[nH]2)=C(O)[C@@H](c2ccccc2)N1c1cccc(S(N)(=O)=O)c1. The number of aliphatic hydroxyl groups is 1. The van der Waals surface area contributed by atoms with Gasteiger partial charge < -0.3 is 15.0 Å². The van der Waals surface area contributed by atoms with E-state index in [1.165, 1.54) is 12.1 Å². The number of anilines is 1. The van der Waals surface area contributed by atoms with Gasteiger partial charge in [-0.25, -0.2) is 18.5 Å². The van der Waals surface area contributed by atoms with Gasteiger partial charge in [0, 0.05) is 5.69 Å². The Bertz CT molecular complexity index is 1460. The quantitative estimate of drug-likeness (QED) is 0.380. The number of imidazole rings is 1. The molecule has 1 aliphatic heterocycles. The van der Waals surface area contributed by atoms with Gasteiger partial charge in [-0.15, -0.1) is 0 Å². The number of hydrogen-bond acceptors (Lipinski definition) is 5. The topological polar surface area (TPSA) is 136 Å². The summed E-state index contributed by atoms with van der Waals surface area (Å²) in [6, 6.07) is 21.9. The maximum atomic E-state index is 11.9. The Morgan fingerprint density at radius 2 is 1.72 bits per heavy atom. The zero-order valence-corrected chi connectivity index (χ0v) is 17.5. The van der Waals surface area contributed by atoms with E-state index in [-0.39, 0.29) is 22.1 Å². The van der Waals surface area contributed by atoms with Crippen LogP contribution in [0.15, 0.2) is 89.5 Å². The van der Waals surface area contributed by atoms with Crippen molar-refractivity contribution in [2.75, 3.05) is 4.90 Å². The third kappa shape index (κ3) is 3.24. The van der Waals surface area contributed by atoms with E-state index in [9.17, 15) is 13.5 Å². The average molecular weight is 446 g/mol. The molecule has 0 saturated heterocycles. The third-order valence-electron chi connectivity index (χ3n) is 5.42. The molecule has 0 spiro atoms. The molecule has 1 aliphatic rings. The van der Waals surface area contributed by atoms with Crippen LogP contribution in [0.1, 0.15) is 17.4 Å². The van der Waals surface area contributed by atoms with E-state index >= 15 is 0 Å². The predicted molar refractivity (Wildman–Crippen MR) is 123 cm³/mol. The standard InChI is InChI=1S/C23H19N5O3S/c24-22-19(23-26-17-11-4-5-12-18(17)27-23)21(29)20(14-7-2-1-3-8-14)28(22)15-9-6-10-16(13-15)32(25,30)31/h1-13,20,24,29H,(H,26,27)(H2,25,30,31)/t20-/m1/s1. The summed E-state index contributed by atoms with van der Waals surface area (Å²) >= 11 is 0. The molecule has 1 atom stereocenters. The van der Waals surface area contributed by atoms with Gasteiger partial charge in [-0.2, -0.15) is 0 Å². The number of fused-ring (bicyclic) bond motifs is 1. The molecule has 0 fully saturated rings. The fraction of sp³-hybridized carbons (Fsp3) is 0.0435. The number of primary sulfonamides is 1. The number of benzene rings is 3. The van der Waals surface area contributed by atoms with Crippen molar-refractivity contribution >= 4 is 38.2 Å². The van der Waals surface area contributed by atoms with Gasteiger partial charge in [0.1, 0.15) is 23.5 Å². The smallest absolute Gasteiger partial charge is 0.238 e. The molecule has 1 aromatic heterocycles. The van der Waals surface area contributed by atoms with Crippen molar-refractivity contribution in [3.8, 4) is 0 Å². The summed E-state index contributed by atoms with van der Waals surface area (Å²) in [6.07, 6.45) is 0. The van der Waals surface area contributed by atoms with Gasteiger partial charge in [-0.3, -0.25) is 5.41 Å². The zero-order chi connectivity index (χ0) is 22.5. The van der Waals surface area contributed by atoms with Crippen molar-refractivity contribution in [3.05, 3.63) is 96.0 Å². The number of amidine groups is 1. The predicted octanol–water partition coefficient (Wildman–Crippen LogP) is 3.72. The number of rotatable bonds is 4. The van der Waals surface area contributed by atoms with Crippen molar-refractivity contribution in [2.24, 2.45) is 5.14 Å². The number of aromatic nitrogens is 2. The number of hydrogen-bond donors (Lipinski definition) is 4. The number of aromatic amines is 1. The van der Waals surface area contributed by atoms with Crippen LogP contribution in [0.3, 0.4) is 0 Å². The largest absolute Gasteiger partial charge is 0.509 e. The fourth-order valence-corrected chi connectivity index (χ4v) is 4.52. The Hall–Kier alpha value is -3.95. The Balaban J connectivity index is 1.70. The number of H-pyrrole nitrogens is 1. The monoisotopic (exact) mass is 445 g/mol. The summed E-state index contributed by atoms with van der Waals surface area (Å²) in [6.45, 7) is 0. The molecule has 32 heavy (non-hydrogen) atoms. The molecular weight excluding hydrogens is 426 g/mol. The Morgan fingerprint density at radius 3 is 2.44 bits per heavy atom. The molecule has 5 rings (SSSR count). The second-order valence-corrected chi connectivity index (χ2v) is 9.00. The highest BCUT2D eigenvalue weighted by atomic mass is 32.2. The first kappa shape index (κ1) is 20.0. The molecule has 0 bridgehead atoms.